The van der Waals surface area contributed by atoms with Gasteiger partial charge >= 0.3 is 6.18 Å². The number of carbonyl (C=O) groups excluding carboxylic acids is 2. The average Bonchev–Trinajstić information content (AvgIpc) is 2.81. The summed E-state index contributed by atoms with van der Waals surface area (Å²) in [6.45, 7) is 1.64. The number of hydrogen-bond donors (Lipinski definition) is 2. The minimum absolute atomic E-state index is 0.0947. The van der Waals surface area contributed by atoms with Crippen LogP contribution in [-0.2, 0) is 15.8 Å². The number of ether oxygens (including phenoxy) is 1. The fraction of sp³-hybridized carbons (Fsp3) is 0.115. The van der Waals surface area contributed by atoms with Crippen molar-refractivity contribution in [1.29, 1.82) is 5.26 Å². The molecule has 6 nitrogen and oxygen atoms in total. The number of nitrogens with one attached hydrogen (secondary N) is 2. The highest BCUT2D eigenvalue weighted by Gasteiger charge is 2.30. The van der Waals surface area contributed by atoms with E-state index in [0.29, 0.717) is 17.0 Å². The minimum atomic E-state index is -4.56. The van der Waals surface area contributed by atoms with E-state index in [1.54, 1.807) is 30.3 Å². The first-order chi connectivity index (χ1) is 16.6. The summed E-state index contributed by atoms with van der Waals surface area (Å²) in [6.07, 6.45) is -3.30. The lowest BCUT2D eigenvalue weighted by molar-refractivity contribution is -0.137. The summed E-state index contributed by atoms with van der Waals surface area (Å²) in [4.78, 5) is 24.6. The molecule has 3 aromatic rings. The van der Waals surface area contributed by atoms with Crippen molar-refractivity contribution in [2.24, 2.45) is 0 Å². The largest absolute Gasteiger partial charge is 0.484 e. The first-order valence-corrected chi connectivity index (χ1v) is 10.3. The Bertz CT molecular complexity index is 1310. The van der Waals surface area contributed by atoms with Crippen LogP contribution in [0.3, 0.4) is 0 Å². The van der Waals surface area contributed by atoms with Crippen molar-refractivity contribution in [2.45, 2.75) is 13.1 Å². The topological polar surface area (TPSA) is 91.2 Å². The maximum absolute atomic E-state index is 12.9. The third-order valence-electron chi connectivity index (χ3n) is 4.65. The van der Waals surface area contributed by atoms with Crippen molar-refractivity contribution >= 4 is 29.3 Å². The number of hydrogen-bond acceptors (Lipinski definition) is 4. The number of alkyl halides is 3. The van der Waals surface area contributed by atoms with E-state index in [2.05, 4.69) is 10.6 Å². The standard InChI is InChI=1S/C26H20F3N3O3/c1-17-5-2-8-21(11-17)31-24(33)16-35-23-10-3-6-18(13-23)12-19(15-30)25(34)32-22-9-4-7-20(14-22)26(27,28)29/h2-14H,16H2,1H3,(H,31,33)(H,32,34)/b19-12+. The predicted molar refractivity (Wildman–Crippen MR) is 125 cm³/mol. The second-order valence-corrected chi connectivity index (χ2v) is 7.48. The van der Waals surface area contributed by atoms with Crippen LogP contribution in [0.5, 0.6) is 5.75 Å². The Kier molecular flexibility index (Phi) is 7.89. The first kappa shape index (κ1) is 25.1. The second-order valence-electron chi connectivity index (χ2n) is 7.48. The van der Waals surface area contributed by atoms with Gasteiger partial charge in [-0.2, -0.15) is 18.4 Å². The van der Waals surface area contributed by atoms with Gasteiger partial charge in [-0.15, -0.1) is 0 Å². The number of carbonyl (C=O) groups is 2. The molecule has 0 aliphatic heterocycles. The number of nitriles is 1. The summed E-state index contributed by atoms with van der Waals surface area (Å²) >= 11 is 0. The van der Waals surface area contributed by atoms with Crippen LogP contribution >= 0.6 is 0 Å². The molecule has 3 rings (SSSR count). The highest BCUT2D eigenvalue weighted by atomic mass is 19.4. The zero-order valence-corrected chi connectivity index (χ0v) is 18.5. The van der Waals surface area contributed by atoms with Crippen molar-refractivity contribution in [2.75, 3.05) is 17.2 Å². The number of halogens is 3. The van der Waals surface area contributed by atoms with Gasteiger partial charge in [-0.1, -0.05) is 30.3 Å². The predicted octanol–water partition coefficient (Wildman–Crippen LogP) is 5.58. The Labute approximate surface area is 199 Å². The zero-order chi connectivity index (χ0) is 25.4. The lowest BCUT2D eigenvalue weighted by atomic mass is 10.1. The lowest BCUT2D eigenvalue weighted by Gasteiger charge is -2.10. The van der Waals surface area contributed by atoms with Gasteiger partial charge in [0, 0.05) is 11.4 Å². The second kappa shape index (κ2) is 11.0. The molecule has 2 N–H and O–H groups in total. The third kappa shape index (κ3) is 7.47. The first-order valence-electron chi connectivity index (χ1n) is 10.3. The van der Waals surface area contributed by atoms with Gasteiger partial charge in [0.25, 0.3) is 11.8 Å². The van der Waals surface area contributed by atoms with E-state index in [1.807, 2.05) is 25.1 Å². The Morgan fingerprint density at radius 2 is 1.66 bits per heavy atom. The SMILES string of the molecule is Cc1cccc(NC(=O)COc2cccc(/C=C(\C#N)C(=O)Nc3cccc(C(F)(F)F)c3)c2)c1. The summed E-state index contributed by atoms with van der Waals surface area (Å²) in [5.41, 5.74) is 0.722. The van der Waals surface area contributed by atoms with Gasteiger partial charge in [0.15, 0.2) is 6.61 Å². The summed E-state index contributed by atoms with van der Waals surface area (Å²) in [6, 6.07) is 19.5. The Morgan fingerprint density at radius 1 is 0.971 bits per heavy atom. The van der Waals surface area contributed by atoms with E-state index in [0.717, 1.165) is 23.8 Å². The molecule has 0 atom stereocenters. The van der Waals surface area contributed by atoms with Crippen LogP contribution in [0.1, 0.15) is 16.7 Å². The molecule has 0 spiro atoms. The van der Waals surface area contributed by atoms with E-state index in [9.17, 15) is 28.0 Å². The molecule has 0 unspecified atom stereocenters. The minimum Gasteiger partial charge on any atom is -0.484 e. The highest BCUT2D eigenvalue weighted by Crippen LogP contribution is 2.30. The van der Waals surface area contributed by atoms with E-state index in [1.165, 1.54) is 18.2 Å². The van der Waals surface area contributed by atoms with Crippen LogP contribution in [0.15, 0.2) is 78.4 Å². The molecule has 2 amide bonds. The lowest BCUT2D eigenvalue weighted by Crippen LogP contribution is -2.20. The fourth-order valence-corrected chi connectivity index (χ4v) is 3.05. The van der Waals surface area contributed by atoms with Crippen LogP contribution in [-0.4, -0.2) is 18.4 Å². The van der Waals surface area contributed by atoms with Crippen molar-refractivity contribution in [3.8, 4) is 11.8 Å². The van der Waals surface area contributed by atoms with Crippen LogP contribution in [0.2, 0.25) is 0 Å². The molecule has 9 heteroatoms. The maximum atomic E-state index is 12.9. The normalized spacial score (nSPS) is 11.3. The monoisotopic (exact) mass is 479 g/mol. The maximum Gasteiger partial charge on any atom is 0.416 e. The van der Waals surface area contributed by atoms with E-state index in [-0.39, 0.29) is 23.8 Å². The van der Waals surface area contributed by atoms with Crippen molar-refractivity contribution in [3.63, 3.8) is 0 Å². The van der Waals surface area contributed by atoms with E-state index >= 15 is 0 Å². The Balaban J connectivity index is 1.65. The number of rotatable bonds is 7. The van der Waals surface area contributed by atoms with Crippen molar-refractivity contribution in [3.05, 3.63) is 95.1 Å². The van der Waals surface area contributed by atoms with Gasteiger partial charge in [-0.25, -0.2) is 0 Å². The van der Waals surface area contributed by atoms with Crippen LogP contribution in [0.4, 0.5) is 24.5 Å². The number of amides is 2. The molecule has 3 aromatic carbocycles. The highest BCUT2D eigenvalue weighted by molar-refractivity contribution is 6.09. The van der Waals surface area contributed by atoms with E-state index < -0.39 is 17.6 Å². The molecule has 0 radical (unpaired) electrons. The van der Waals surface area contributed by atoms with Crippen molar-refractivity contribution in [1.82, 2.24) is 0 Å². The Hall–Kier alpha value is -4.58. The summed E-state index contributed by atoms with van der Waals surface area (Å²) in [5, 5.41) is 14.4. The Morgan fingerprint density at radius 3 is 2.34 bits per heavy atom. The molecule has 0 aromatic heterocycles. The number of aryl methyl sites for hydroxylation is 1. The quantitative estimate of drug-likeness (QED) is 0.342. The molecular formula is C26H20F3N3O3. The van der Waals surface area contributed by atoms with Crippen LogP contribution < -0.4 is 15.4 Å². The molecule has 0 saturated heterocycles. The third-order valence-corrected chi connectivity index (χ3v) is 4.65. The molecule has 0 aliphatic rings. The van der Waals surface area contributed by atoms with Gasteiger partial charge < -0.3 is 15.4 Å². The van der Waals surface area contributed by atoms with Crippen LogP contribution in [0.25, 0.3) is 6.08 Å². The van der Waals surface area contributed by atoms with Gasteiger partial charge in [0.2, 0.25) is 0 Å². The van der Waals surface area contributed by atoms with Gasteiger partial charge in [0.05, 0.1) is 5.56 Å². The smallest absolute Gasteiger partial charge is 0.416 e. The fourth-order valence-electron chi connectivity index (χ4n) is 3.05. The number of benzene rings is 3. The van der Waals surface area contributed by atoms with Crippen molar-refractivity contribution < 1.29 is 27.5 Å². The van der Waals surface area contributed by atoms with Crippen LogP contribution in [0, 0.1) is 18.3 Å². The molecular weight excluding hydrogens is 459 g/mol. The summed E-state index contributed by atoms with van der Waals surface area (Å²) in [5.74, 6) is -0.904. The van der Waals surface area contributed by atoms with Gasteiger partial charge in [-0.3, -0.25) is 9.59 Å². The van der Waals surface area contributed by atoms with Gasteiger partial charge in [0.1, 0.15) is 17.4 Å². The number of anilines is 2. The zero-order valence-electron chi connectivity index (χ0n) is 18.5. The van der Waals surface area contributed by atoms with E-state index in [4.69, 9.17) is 4.74 Å². The summed E-state index contributed by atoms with van der Waals surface area (Å²) in [7, 11) is 0. The molecule has 0 aliphatic carbocycles. The number of nitrogens with zero attached hydrogens (tertiary/aromatic N) is 1. The molecule has 0 fully saturated rings. The molecule has 0 bridgehead atoms. The molecule has 35 heavy (non-hydrogen) atoms. The molecule has 0 heterocycles. The van der Waals surface area contributed by atoms with Gasteiger partial charge in [-0.05, 0) is 66.6 Å². The molecule has 0 saturated carbocycles. The molecule has 178 valence electrons. The average molecular weight is 479 g/mol. The summed E-state index contributed by atoms with van der Waals surface area (Å²) < 4.78 is 44.1.